The maximum atomic E-state index is 11.0. The number of hydrogen-bond acceptors (Lipinski definition) is 5. The number of rotatable bonds is 7. The average molecular weight is 279 g/mol. The van der Waals surface area contributed by atoms with E-state index in [1.165, 1.54) is 6.07 Å². The summed E-state index contributed by atoms with van der Waals surface area (Å²) in [5, 5.41) is 17.5. The topological polar surface area (TPSA) is 76.4 Å². The van der Waals surface area contributed by atoms with Crippen LogP contribution in [-0.4, -0.2) is 31.2 Å². The number of benzene rings is 1. The van der Waals surface area contributed by atoms with Crippen LogP contribution in [0.3, 0.4) is 0 Å². The van der Waals surface area contributed by atoms with E-state index in [-0.39, 0.29) is 10.6 Å². The maximum absolute atomic E-state index is 11.0. The quantitative estimate of drug-likeness (QED) is 0.592. The lowest BCUT2D eigenvalue weighted by atomic mass is 10.1. The third-order valence-corrected chi connectivity index (χ3v) is 3.33. The second-order valence-electron chi connectivity index (χ2n) is 5.06. The van der Waals surface area contributed by atoms with Gasteiger partial charge in [0, 0.05) is 24.4 Å². The van der Waals surface area contributed by atoms with Crippen LogP contribution >= 0.6 is 0 Å². The van der Waals surface area contributed by atoms with Crippen molar-refractivity contribution >= 4 is 11.4 Å². The van der Waals surface area contributed by atoms with Gasteiger partial charge in [-0.25, -0.2) is 0 Å². The number of nitro benzene ring substituents is 1. The number of nitro groups is 1. The fourth-order valence-electron chi connectivity index (χ4n) is 2.24. The van der Waals surface area contributed by atoms with Crippen molar-refractivity contribution in [3.05, 3.63) is 28.3 Å². The van der Waals surface area contributed by atoms with Crippen LogP contribution in [0.15, 0.2) is 18.2 Å². The molecule has 6 nitrogen and oxygen atoms in total. The molecule has 1 aliphatic rings. The van der Waals surface area contributed by atoms with Crippen molar-refractivity contribution in [2.75, 3.05) is 31.6 Å². The average Bonchev–Trinajstić information content (AvgIpc) is 2.96. The minimum absolute atomic E-state index is 0.0608. The van der Waals surface area contributed by atoms with Gasteiger partial charge in [0.05, 0.1) is 17.6 Å². The minimum Gasteiger partial charge on any atom is -0.493 e. The lowest BCUT2D eigenvalue weighted by molar-refractivity contribution is -0.384. The predicted octanol–water partition coefficient (Wildman–Crippen LogP) is 2.41. The summed E-state index contributed by atoms with van der Waals surface area (Å²) in [6.07, 6.45) is 2.01. The van der Waals surface area contributed by atoms with E-state index in [0.29, 0.717) is 18.3 Å². The van der Waals surface area contributed by atoms with E-state index in [4.69, 9.17) is 4.74 Å². The summed E-state index contributed by atoms with van der Waals surface area (Å²) in [4.78, 5) is 10.6. The highest BCUT2D eigenvalue weighted by atomic mass is 16.6. The largest absolute Gasteiger partial charge is 0.493 e. The van der Waals surface area contributed by atoms with E-state index in [1.807, 2.05) is 13.0 Å². The van der Waals surface area contributed by atoms with Gasteiger partial charge in [-0.3, -0.25) is 10.1 Å². The molecule has 1 unspecified atom stereocenters. The Morgan fingerprint density at radius 3 is 3.00 bits per heavy atom. The molecule has 1 atom stereocenters. The lowest BCUT2D eigenvalue weighted by Crippen LogP contribution is -2.17. The highest BCUT2D eigenvalue weighted by Gasteiger charge is 2.15. The molecule has 1 heterocycles. The zero-order chi connectivity index (χ0) is 14.4. The summed E-state index contributed by atoms with van der Waals surface area (Å²) in [5.74, 6) is 1.13. The van der Waals surface area contributed by atoms with Crippen LogP contribution in [0.5, 0.6) is 5.75 Å². The van der Waals surface area contributed by atoms with Crippen LogP contribution in [0.1, 0.15) is 19.8 Å². The van der Waals surface area contributed by atoms with Crippen LogP contribution in [0.4, 0.5) is 11.4 Å². The van der Waals surface area contributed by atoms with Gasteiger partial charge in [-0.15, -0.1) is 0 Å². The van der Waals surface area contributed by atoms with Gasteiger partial charge in [0.1, 0.15) is 5.75 Å². The SMILES string of the molecule is CCCOc1cc(NCC2CCNC2)cc([N+](=O)[O-])c1. The molecule has 0 aliphatic carbocycles. The van der Waals surface area contributed by atoms with Crippen molar-refractivity contribution < 1.29 is 9.66 Å². The van der Waals surface area contributed by atoms with Crippen LogP contribution < -0.4 is 15.4 Å². The first kappa shape index (κ1) is 14.6. The highest BCUT2D eigenvalue weighted by molar-refractivity contribution is 5.56. The van der Waals surface area contributed by atoms with Gasteiger partial charge in [0.15, 0.2) is 0 Å². The van der Waals surface area contributed by atoms with Gasteiger partial charge >= 0.3 is 0 Å². The Hall–Kier alpha value is -1.82. The maximum Gasteiger partial charge on any atom is 0.275 e. The molecule has 6 heteroatoms. The minimum atomic E-state index is -0.388. The second kappa shape index (κ2) is 7.09. The number of hydrogen-bond donors (Lipinski definition) is 2. The smallest absolute Gasteiger partial charge is 0.275 e. The fraction of sp³-hybridized carbons (Fsp3) is 0.571. The molecule has 0 aromatic heterocycles. The standard InChI is InChI=1S/C14H21N3O3/c1-2-5-20-14-7-12(6-13(8-14)17(18)19)16-10-11-3-4-15-9-11/h6-8,11,15-16H,2-5,9-10H2,1H3. The van der Waals surface area contributed by atoms with Gasteiger partial charge in [0.2, 0.25) is 0 Å². The second-order valence-corrected chi connectivity index (χ2v) is 5.06. The molecule has 20 heavy (non-hydrogen) atoms. The number of anilines is 1. The zero-order valence-corrected chi connectivity index (χ0v) is 11.7. The molecule has 2 N–H and O–H groups in total. The van der Waals surface area contributed by atoms with Crippen LogP contribution in [0, 0.1) is 16.0 Å². The van der Waals surface area contributed by atoms with Crippen molar-refractivity contribution in [2.24, 2.45) is 5.92 Å². The van der Waals surface area contributed by atoms with E-state index in [9.17, 15) is 10.1 Å². The zero-order valence-electron chi connectivity index (χ0n) is 11.7. The number of non-ortho nitro benzene ring substituents is 1. The Morgan fingerprint density at radius 2 is 2.35 bits per heavy atom. The molecular formula is C14H21N3O3. The number of nitrogens with one attached hydrogen (secondary N) is 2. The Bertz CT molecular complexity index is 459. The first-order valence-electron chi connectivity index (χ1n) is 7.06. The van der Waals surface area contributed by atoms with Crippen LogP contribution in [0.25, 0.3) is 0 Å². The van der Waals surface area contributed by atoms with Crippen LogP contribution in [0.2, 0.25) is 0 Å². The number of ether oxygens (including phenoxy) is 1. The Kier molecular flexibility index (Phi) is 5.17. The van der Waals surface area contributed by atoms with Crippen molar-refractivity contribution in [2.45, 2.75) is 19.8 Å². The Labute approximate surface area is 118 Å². The van der Waals surface area contributed by atoms with Crippen molar-refractivity contribution in [3.63, 3.8) is 0 Å². The highest BCUT2D eigenvalue weighted by Crippen LogP contribution is 2.26. The number of nitrogens with zero attached hydrogens (tertiary/aromatic N) is 1. The van der Waals surface area contributed by atoms with Gasteiger partial charge < -0.3 is 15.4 Å². The van der Waals surface area contributed by atoms with Crippen molar-refractivity contribution in [3.8, 4) is 5.75 Å². The summed E-state index contributed by atoms with van der Waals surface area (Å²) >= 11 is 0. The first-order chi connectivity index (χ1) is 9.69. The molecular weight excluding hydrogens is 258 g/mol. The van der Waals surface area contributed by atoms with E-state index in [1.54, 1.807) is 6.07 Å². The molecule has 110 valence electrons. The van der Waals surface area contributed by atoms with Gasteiger partial charge in [0.25, 0.3) is 5.69 Å². The molecule has 0 bridgehead atoms. The summed E-state index contributed by atoms with van der Waals surface area (Å²) in [6.45, 7) is 5.44. The monoisotopic (exact) mass is 279 g/mol. The van der Waals surface area contributed by atoms with Gasteiger partial charge in [-0.1, -0.05) is 6.92 Å². The third kappa shape index (κ3) is 4.09. The lowest BCUT2D eigenvalue weighted by Gasteiger charge is -2.12. The third-order valence-electron chi connectivity index (χ3n) is 3.33. The fourth-order valence-corrected chi connectivity index (χ4v) is 2.24. The Balaban J connectivity index is 2.04. The molecule has 2 rings (SSSR count). The summed E-state index contributed by atoms with van der Waals surface area (Å²) < 4.78 is 5.50. The molecule has 1 aromatic rings. The molecule has 0 spiro atoms. The van der Waals surface area contributed by atoms with E-state index >= 15 is 0 Å². The molecule has 1 aliphatic heterocycles. The summed E-state index contributed by atoms with van der Waals surface area (Å²) in [7, 11) is 0. The molecule has 1 fully saturated rings. The van der Waals surface area contributed by atoms with E-state index < -0.39 is 0 Å². The van der Waals surface area contributed by atoms with Crippen molar-refractivity contribution in [1.82, 2.24) is 5.32 Å². The molecule has 0 radical (unpaired) electrons. The molecule has 1 aromatic carbocycles. The van der Waals surface area contributed by atoms with Crippen molar-refractivity contribution in [1.29, 1.82) is 0 Å². The summed E-state index contributed by atoms with van der Waals surface area (Å²) in [5.41, 5.74) is 0.808. The molecule has 0 amide bonds. The van der Waals surface area contributed by atoms with Crippen LogP contribution in [-0.2, 0) is 0 Å². The predicted molar refractivity (Wildman–Crippen MR) is 78.3 cm³/mol. The normalized spacial score (nSPS) is 17.9. The van der Waals surface area contributed by atoms with Gasteiger partial charge in [-0.05, 0) is 31.8 Å². The Morgan fingerprint density at radius 1 is 1.50 bits per heavy atom. The van der Waals surface area contributed by atoms with Gasteiger partial charge in [-0.2, -0.15) is 0 Å². The van der Waals surface area contributed by atoms with E-state index in [0.717, 1.165) is 38.2 Å². The molecule has 0 saturated carbocycles. The molecule has 1 saturated heterocycles. The summed E-state index contributed by atoms with van der Waals surface area (Å²) in [6, 6.07) is 4.85. The first-order valence-corrected chi connectivity index (χ1v) is 7.06. The van der Waals surface area contributed by atoms with E-state index in [2.05, 4.69) is 10.6 Å².